The Morgan fingerprint density at radius 2 is 1.77 bits per heavy atom. The van der Waals surface area contributed by atoms with Crippen LogP contribution in [-0.2, 0) is 4.74 Å². The molecule has 0 saturated carbocycles. The number of morpholine rings is 1. The van der Waals surface area contributed by atoms with Crippen LogP contribution in [0.15, 0.2) is 12.7 Å². The standard InChI is InChI=1S/C4H9NO.C3H6.CH2O3/c1-3-6-4-2-5-1;1-3-2;2-1(3)4/h5H,1-4H2;3H,1H2,2H3;(H2,2,3,4). The fourth-order valence-electron chi connectivity index (χ4n) is 0.516. The van der Waals surface area contributed by atoms with Crippen molar-refractivity contribution in [3.05, 3.63) is 12.7 Å². The second-order valence-electron chi connectivity index (χ2n) is 2.05. The molecule has 13 heavy (non-hydrogen) atoms. The van der Waals surface area contributed by atoms with Gasteiger partial charge < -0.3 is 20.3 Å². The molecule has 0 unspecified atom stereocenters. The molecule has 0 aromatic heterocycles. The van der Waals surface area contributed by atoms with Gasteiger partial charge in [-0.25, -0.2) is 4.79 Å². The van der Waals surface area contributed by atoms with E-state index in [-0.39, 0.29) is 0 Å². The van der Waals surface area contributed by atoms with E-state index in [1.807, 2.05) is 6.92 Å². The van der Waals surface area contributed by atoms with Gasteiger partial charge in [-0.2, -0.15) is 0 Å². The Bertz CT molecular complexity index is 108. The molecule has 0 aliphatic carbocycles. The Labute approximate surface area is 78.0 Å². The van der Waals surface area contributed by atoms with Crippen molar-refractivity contribution in [1.82, 2.24) is 5.32 Å². The third-order valence-corrected chi connectivity index (χ3v) is 0.846. The van der Waals surface area contributed by atoms with Gasteiger partial charge in [-0.1, -0.05) is 6.08 Å². The van der Waals surface area contributed by atoms with E-state index in [0.29, 0.717) is 0 Å². The van der Waals surface area contributed by atoms with Crippen molar-refractivity contribution >= 4 is 6.16 Å². The lowest BCUT2D eigenvalue weighted by atomic mass is 10.5. The summed E-state index contributed by atoms with van der Waals surface area (Å²) in [6.45, 7) is 9.08. The lowest BCUT2D eigenvalue weighted by molar-refractivity contribution is 0.109. The number of hydrogen-bond donors (Lipinski definition) is 3. The average Bonchev–Trinajstić information content (AvgIpc) is 2.08. The van der Waals surface area contributed by atoms with Gasteiger partial charge in [-0.15, -0.1) is 6.58 Å². The summed E-state index contributed by atoms with van der Waals surface area (Å²) in [5, 5.41) is 17.1. The van der Waals surface area contributed by atoms with Crippen LogP contribution in [0, 0.1) is 0 Å². The predicted octanol–water partition coefficient (Wildman–Crippen LogP) is 1.02. The van der Waals surface area contributed by atoms with Crippen molar-refractivity contribution in [3.63, 3.8) is 0 Å². The molecule has 0 spiro atoms. The summed E-state index contributed by atoms with van der Waals surface area (Å²) < 4.78 is 5.01. The van der Waals surface area contributed by atoms with Crippen LogP contribution in [-0.4, -0.2) is 42.7 Å². The van der Waals surface area contributed by atoms with Crippen LogP contribution in [0.4, 0.5) is 4.79 Å². The Kier molecular flexibility index (Phi) is 15.0. The SMILES string of the molecule is C1COCCN1.C=CC.O=C(O)O. The van der Waals surface area contributed by atoms with Crippen molar-refractivity contribution in [2.24, 2.45) is 0 Å². The van der Waals surface area contributed by atoms with Crippen molar-refractivity contribution in [3.8, 4) is 0 Å². The van der Waals surface area contributed by atoms with E-state index in [1.165, 1.54) is 0 Å². The quantitative estimate of drug-likeness (QED) is 0.498. The molecule has 0 bridgehead atoms. The van der Waals surface area contributed by atoms with Crippen LogP contribution in [0.5, 0.6) is 0 Å². The van der Waals surface area contributed by atoms with Gasteiger partial charge in [0, 0.05) is 13.1 Å². The molecule has 0 radical (unpaired) electrons. The van der Waals surface area contributed by atoms with E-state index in [0.717, 1.165) is 26.3 Å². The van der Waals surface area contributed by atoms with Crippen LogP contribution < -0.4 is 5.32 Å². The summed E-state index contributed by atoms with van der Waals surface area (Å²) in [4.78, 5) is 8.56. The molecule has 3 N–H and O–H groups in total. The molecule has 1 aliphatic rings. The predicted molar refractivity (Wildman–Crippen MR) is 50.2 cm³/mol. The molecule has 1 aliphatic heterocycles. The number of carboxylic acid groups (broad SMARTS) is 2. The zero-order chi connectivity index (χ0) is 10.5. The van der Waals surface area contributed by atoms with E-state index in [9.17, 15) is 0 Å². The zero-order valence-electron chi connectivity index (χ0n) is 7.82. The van der Waals surface area contributed by atoms with Gasteiger partial charge in [-0.3, -0.25) is 0 Å². The van der Waals surface area contributed by atoms with Crippen LogP contribution in [0.3, 0.4) is 0 Å². The van der Waals surface area contributed by atoms with Crippen LogP contribution in [0.1, 0.15) is 6.92 Å². The lowest BCUT2D eigenvalue weighted by Gasteiger charge is -2.10. The summed E-state index contributed by atoms with van der Waals surface area (Å²) >= 11 is 0. The monoisotopic (exact) mass is 191 g/mol. The number of hydrogen-bond acceptors (Lipinski definition) is 3. The number of rotatable bonds is 0. The van der Waals surface area contributed by atoms with E-state index < -0.39 is 6.16 Å². The van der Waals surface area contributed by atoms with Crippen molar-refractivity contribution < 1.29 is 19.7 Å². The first-order valence-corrected chi connectivity index (χ1v) is 3.92. The maximum absolute atomic E-state index is 8.56. The molecule has 1 heterocycles. The van der Waals surface area contributed by atoms with Gasteiger partial charge in [0.1, 0.15) is 0 Å². The summed E-state index contributed by atoms with van der Waals surface area (Å²) in [5.41, 5.74) is 0. The minimum Gasteiger partial charge on any atom is -0.450 e. The Morgan fingerprint density at radius 1 is 1.46 bits per heavy atom. The molecule has 1 fully saturated rings. The topological polar surface area (TPSA) is 78.8 Å². The van der Waals surface area contributed by atoms with Gasteiger partial charge in [0.15, 0.2) is 0 Å². The van der Waals surface area contributed by atoms with Gasteiger partial charge >= 0.3 is 6.16 Å². The number of carbonyl (C=O) groups is 1. The van der Waals surface area contributed by atoms with E-state index in [4.69, 9.17) is 19.7 Å². The van der Waals surface area contributed by atoms with Crippen molar-refractivity contribution in [2.45, 2.75) is 6.92 Å². The molecule has 5 heteroatoms. The highest BCUT2D eigenvalue weighted by atomic mass is 16.6. The third-order valence-electron chi connectivity index (χ3n) is 0.846. The van der Waals surface area contributed by atoms with Crippen LogP contribution >= 0.6 is 0 Å². The van der Waals surface area contributed by atoms with E-state index in [2.05, 4.69) is 11.9 Å². The van der Waals surface area contributed by atoms with Crippen LogP contribution in [0.2, 0.25) is 0 Å². The molecule has 78 valence electrons. The summed E-state index contributed by atoms with van der Waals surface area (Å²) in [6, 6.07) is 0. The van der Waals surface area contributed by atoms with Crippen molar-refractivity contribution in [2.75, 3.05) is 26.3 Å². The second-order valence-corrected chi connectivity index (χ2v) is 2.05. The highest BCUT2D eigenvalue weighted by Crippen LogP contribution is 1.76. The summed E-state index contributed by atoms with van der Waals surface area (Å²) in [6.07, 6.45) is -0.0833. The van der Waals surface area contributed by atoms with Gasteiger partial charge in [-0.05, 0) is 6.92 Å². The highest BCUT2D eigenvalue weighted by Gasteiger charge is 1.92. The van der Waals surface area contributed by atoms with E-state index in [1.54, 1.807) is 6.08 Å². The first-order chi connectivity index (χ1) is 6.15. The average molecular weight is 191 g/mol. The molecular formula is C8H17NO4. The molecule has 1 saturated heterocycles. The number of allylic oxidation sites excluding steroid dienone is 1. The molecule has 5 nitrogen and oxygen atoms in total. The first kappa shape index (κ1) is 14.5. The smallest absolute Gasteiger partial charge is 0.450 e. The Hall–Kier alpha value is -1.07. The number of nitrogens with one attached hydrogen (secondary N) is 1. The second kappa shape index (κ2) is 13.5. The highest BCUT2D eigenvalue weighted by molar-refractivity contribution is 5.53. The minimum atomic E-state index is -1.83. The molecule has 0 atom stereocenters. The first-order valence-electron chi connectivity index (χ1n) is 3.92. The Morgan fingerprint density at radius 3 is 1.85 bits per heavy atom. The fourth-order valence-corrected chi connectivity index (χ4v) is 0.516. The fraction of sp³-hybridized carbons (Fsp3) is 0.625. The third kappa shape index (κ3) is 35.9. The molecule has 0 aromatic rings. The normalized spacial score (nSPS) is 13.9. The maximum atomic E-state index is 8.56. The van der Waals surface area contributed by atoms with E-state index >= 15 is 0 Å². The zero-order valence-corrected chi connectivity index (χ0v) is 7.82. The molecule has 0 amide bonds. The van der Waals surface area contributed by atoms with Crippen molar-refractivity contribution in [1.29, 1.82) is 0 Å². The number of ether oxygens (including phenoxy) is 1. The Balaban J connectivity index is 0. The molecule has 0 aromatic carbocycles. The molecular weight excluding hydrogens is 174 g/mol. The summed E-state index contributed by atoms with van der Waals surface area (Å²) in [5.74, 6) is 0. The largest absolute Gasteiger partial charge is 0.503 e. The minimum absolute atomic E-state index is 0.889. The van der Waals surface area contributed by atoms with Crippen LogP contribution in [0.25, 0.3) is 0 Å². The summed E-state index contributed by atoms with van der Waals surface area (Å²) in [7, 11) is 0. The van der Waals surface area contributed by atoms with Gasteiger partial charge in [0.25, 0.3) is 0 Å². The van der Waals surface area contributed by atoms with Gasteiger partial charge in [0.05, 0.1) is 13.2 Å². The molecule has 1 rings (SSSR count). The maximum Gasteiger partial charge on any atom is 0.503 e. The lowest BCUT2D eigenvalue weighted by Crippen LogP contribution is -2.30. The van der Waals surface area contributed by atoms with Gasteiger partial charge in [0.2, 0.25) is 0 Å².